The van der Waals surface area contributed by atoms with Crippen LogP contribution in [-0.2, 0) is 48.5 Å². The van der Waals surface area contributed by atoms with Gasteiger partial charge in [0.05, 0.1) is 19.8 Å². The molecule has 348 valence electrons. The van der Waals surface area contributed by atoms with Crippen molar-refractivity contribution in [1.82, 2.24) is 0 Å². The van der Waals surface area contributed by atoms with Crippen LogP contribution in [-0.4, -0.2) is 131 Å². The van der Waals surface area contributed by atoms with Gasteiger partial charge in [0.1, 0.15) is 0 Å². The van der Waals surface area contributed by atoms with Gasteiger partial charge in [-0.1, -0.05) is 194 Å². The van der Waals surface area contributed by atoms with Crippen LogP contribution in [0.2, 0.25) is 0 Å². The molecular formula is C40H90Na2O13S3. The molecule has 0 atom stereocenters. The summed E-state index contributed by atoms with van der Waals surface area (Å²) in [6.07, 6.45) is 35.6. The summed E-state index contributed by atoms with van der Waals surface area (Å²) in [4.78, 5) is 0. The second-order valence-corrected chi connectivity index (χ2v) is 17.4. The molecule has 0 rings (SSSR count). The van der Waals surface area contributed by atoms with Gasteiger partial charge in [0, 0.05) is 13.2 Å². The molecule has 0 saturated carbocycles. The molecule has 18 heteroatoms. The molecule has 3 N–H and O–H groups in total. The van der Waals surface area contributed by atoms with E-state index in [4.69, 9.17) is 18.4 Å². The first-order valence-electron chi connectivity index (χ1n) is 22.0. The molecule has 0 bridgehead atoms. The third kappa shape index (κ3) is 88.7. The number of ether oxygens (including phenoxy) is 1. The Labute approximate surface area is 403 Å². The third-order valence-electron chi connectivity index (χ3n) is 8.60. The number of hydrogen-bond acceptors (Lipinski definition) is 10. The predicted molar refractivity (Wildman–Crippen MR) is 244 cm³/mol. The molecule has 0 heterocycles. The fourth-order valence-electron chi connectivity index (χ4n) is 5.47. The fourth-order valence-corrected chi connectivity index (χ4v) is 6.45. The summed E-state index contributed by atoms with van der Waals surface area (Å²) < 4.78 is 104. The first-order chi connectivity index (χ1) is 26.6. The van der Waals surface area contributed by atoms with Crippen LogP contribution >= 0.6 is 0 Å². The van der Waals surface area contributed by atoms with E-state index in [9.17, 15) is 25.3 Å². The Morgan fingerprint density at radius 2 is 0.448 bits per heavy atom. The van der Waals surface area contributed by atoms with Crippen LogP contribution in [0.5, 0.6) is 0 Å². The van der Waals surface area contributed by atoms with Gasteiger partial charge >= 0.3 is 90.3 Å². The average molecular weight is 921 g/mol. The van der Waals surface area contributed by atoms with E-state index in [2.05, 4.69) is 33.3 Å². The van der Waals surface area contributed by atoms with Gasteiger partial charge in [-0.15, -0.1) is 0 Å². The number of unbranched alkanes of at least 4 members (excludes halogenated alkanes) is 27. The average Bonchev–Trinajstić information content (AvgIpc) is 3.12. The van der Waals surface area contributed by atoms with Crippen LogP contribution < -0.4 is 0 Å². The van der Waals surface area contributed by atoms with Crippen LogP contribution in [0.1, 0.15) is 227 Å². The molecule has 0 aromatic carbocycles. The summed E-state index contributed by atoms with van der Waals surface area (Å²) in [6.45, 7) is 12.6. The van der Waals surface area contributed by atoms with Crippen LogP contribution in [0.3, 0.4) is 0 Å². The quantitative estimate of drug-likeness (QED) is 0.0300. The van der Waals surface area contributed by atoms with E-state index in [1.54, 1.807) is 0 Å². The fraction of sp³-hybridized carbons (Fsp3) is 1.00. The van der Waals surface area contributed by atoms with Crippen molar-refractivity contribution in [3.8, 4) is 0 Å². The zero-order valence-electron chi connectivity index (χ0n) is 36.4. The van der Waals surface area contributed by atoms with Gasteiger partial charge < -0.3 is 4.74 Å². The summed E-state index contributed by atoms with van der Waals surface area (Å²) >= 11 is 0. The molecule has 13 nitrogen and oxygen atoms in total. The topological polar surface area (TPSA) is 200 Å². The van der Waals surface area contributed by atoms with Crippen LogP contribution in [0.15, 0.2) is 0 Å². The minimum atomic E-state index is -4.23. The van der Waals surface area contributed by atoms with E-state index in [1.807, 2.05) is 13.8 Å². The maximum absolute atomic E-state index is 10.2. The van der Waals surface area contributed by atoms with Gasteiger partial charge in [-0.2, -0.15) is 25.3 Å². The molecule has 0 aliphatic heterocycles. The Bertz CT molecular complexity index is 938. The van der Waals surface area contributed by atoms with Crippen molar-refractivity contribution in [3.63, 3.8) is 0 Å². The Kier molecular flexibility index (Phi) is 69.5. The van der Waals surface area contributed by atoms with Crippen molar-refractivity contribution in [1.29, 1.82) is 0 Å². The van der Waals surface area contributed by atoms with E-state index in [0.29, 0.717) is 19.3 Å². The van der Waals surface area contributed by atoms with Gasteiger partial charge in [-0.05, 0) is 33.1 Å². The van der Waals surface area contributed by atoms with Gasteiger partial charge in [0.15, 0.2) is 0 Å². The monoisotopic (exact) mass is 921 g/mol. The number of hydrogen-bond donors (Lipinski definition) is 3. The molecule has 0 radical (unpaired) electrons. The van der Waals surface area contributed by atoms with Crippen LogP contribution in [0, 0.1) is 0 Å². The van der Waals surface area contributed by atoms with Crippen molar-refractivity contribution in [2.75, 3.05) is 33.0 Å². The maximum atomic E-state index is 10.2. The van der Waals surface area contributed by atoms with E-state index in [-0.39, 0.29) is 78.9 Å². The first kappa shape index (κ1) is 71.2. The predicted octanol–water partition coefficient (Wildman–Crippen LogP) is 10.9. The zero-order chi connectivity index (χ0) is 43.1. The van der Waals surface area contributed by atoms with Crippen LogP contribution in [0.25, 0.3) is 0 Å². The molecule has 0 fully saturated rings. The summed E-state index contributed by atoms with van der Waals surface area (Å²) in [5, 5.41) is 0. The Morgan fingerprint density at radius 3 is 0.569 bits per heavy atom. The molecule has 0 aliphatic rings. The molecule has 0 aromatic heterocycles. The Hall–Kier alpha value is 1.57. The Morgan fingerprint density at radius 1 is 0.293 bits per heavy atom. The van der Waals surface area contributed by atoms with Gasteiger partial charge in [-0.25, -0.2) is 12.5 Å². The summed E-state index contributed by atoms with van der Waals surface area (Å²) in [5.41, 5.74) is 0. The molecule has 0 unspecified atom stereocenters. The molecule has 0 aliphatic carbocycles. The minimum absolute atomic E-state index is 0. The Balaban J connectivity index is -0.000000162. The molecule has 0 spiro atoms. The van der Waals surface area contributed by atoms with E-state index in [0.717, 1.165) is 51.7 Å². The summed E-state index contributed by atoms with van der Waals surface area (Å²) in [5.74, 6) is 0. The van der Waals surface area contributed by atoms with E-state index >= 15 is 0 Å². The standard InChI is InChI=1S/3C12H26O4S.C4H10O.2Na.2H/c3*1-2-3-4-5-6-7-8-9-10-11-12-16-17(13,14)15;1-3-5-4-2;;;;/h3*2-12H2,1H3,(H,13,14,15);3-4H2,1-2H3;;;;. The van der Waals surface area contributed by atoms with Gasteiger partial charge in [0.25, 0.3) is 0 Å². The molecule has 0 amide bonds. The molecule has 58 heavy (non-hydrogen) atoms. The molecule has 0 aromatic rings. The van der Waals surface area contributed by atoms with Crippen molar-refractivity contribution in [3.05, 3.63) is 0 Å². The van der Waals surface area contributed by atoms with Crippen molar-refractivity contribution in [2.24, 2.45) is 0 Å². The van der Waals surface area contributed by atoms with E-state index < -0.39 is 31.2 Å². The first-order valence-corrected chi connectivity index (χ1v) is 26.1. The summed E-state index contributed by atoms with van der Waals surface area (Å²) in [6, 6.07) is 0. The van der Waals surface area contributed by atoms with Crippen molar-refractivity contribution >= 4 is 90.3 Å². The summed E-state index contributed by atoms with van der Waals surface area (Å²) in [7, 11) is -12.7. The SMILES string of the molecule is CCCCCCCCCCCCOS(=O)(=O)O.CCCCCCCCCCCCOS(=O)(=O)O.CCCCCCCCCCCCOS(=O)(=O)O.CCOCC.[NaH].[NaH]. The van der Waals surface area contributed by atoms with Crippen LogP contribution in [0.4, 0.5) is 0 Å². The molecular weight excluding hydrogens is 831 g/mol. The third-order valence-corrected chi connectivity index (χ3v) is 9.99. The van der Waals surface area contributed by atoms with E-state index in [1.165, 1.54) is 135 Å². The van der Waals surface area contributed by atoms with Gasteiger partial charge in [0.2, 0.25) is 0 Å². The van der Waals surface area contributed by atoms with Crippen molar-refractivity contribution < 1.29 is 56.2 Å². The van der Waals surface area contributed by atoms with Crippen molar-refractivity contribution in [2.45, 2.75) is 227 Å². The zero-order valence-corrected chi connectivity index (χ0v) is 38.8. The second kappa shape index (κ2) is 56.6. The normalized spacial score (nSPS) is 11.2. The molecule has 0 saturated heterocycles. The second-order valence-electron chi connectivity index (χ2n) is 14.1. The number of rotatable bonds is 38. The van der Waals surface area contributed by atoms with Gasteiger partial charge in [-0.3, -0.25) is 13.7 Å².